The van der Waals surface area contributed by atoms with Crippen molar-refractivity contribution in [2.75, 3.05) is 90.7 Å². The van der Waals surface area contributed by atoms with Gasteiger partial charge >= 0.3 is 0 Å². The van der Waals surface area contributed by atoms with E-state index in [1.54, 1.807) is 29.8 Å². The summed E-state index contributed by atoms with van der Waals surface area (Å²) in [6, 6.07) is 11.6. The predicted octanol–water partition coefficient (Wildman–Crippen LogP) is 6.11. The molecule has 0 aromatic heterocycles. The number of carbonyl (C=O) groups excluding carboxylic acids is 2. The molecule has 5 atom stereocenters. The van der Waals surface area contributed by atoms with E-state index in [-0.39, 0.29) is 42.9 Å². The lowest BCUT2D eigenvalue weighted by Crippen LogP contribution is -2.57. The fraction of sp³-hybridized carbons (Fsp3) is 0.619. The average Bonchev–Trinajstić information content (AvgIpc) is 3.35. The number of nitrogens with one attached hydrogen (secondary N) is 1. The molecule has 3 heterocycles. The Bertz CT molecular complexity index is 1690. The number of amides is 2. The quantitative estimate of drug-likeness (QED) is 0.135. The second kappa shape index (κ2) is 20.3. The topological polar surface area (TPSA) is 107 Å². The van der Waals surface area contributed by atoms with Crippen LogP contribution in [0, 0.1) is 11.8 Å². The summed E-state index contributed by atoms with van der Waals surface area (Å²) in [5, 5.41) is 12.0. The van der Waals surface area contributed by atoms with Crippen LogP contribution >= 0.6 is 23.7 Å². The van der Waals surface area contributed by atoms with Crippen LogP contribution in [-0.2, 0) is 25.5 Å². The number of alkyl halides is 2. The number of aliphatic hydroxyl groups is 1. The van der Waals surface area contributed by atoms with E-state index in [4.69, 9.17) is 25.8 Å². The molecule has 2 N–H and O–H groups in total. The highest BCUT2D eigenvalue weighted by atomic mass is 35.5. The van der Waals surface area contributed by atoms with Crippen LogP contribution < -0.4 is 14.4 Å². The Morgan fingerprint density at radius 3 is 2.67 bits per heavy atom. The maximum Gasteiger partial charge on any atom is 0.272 e. The van der Waals surface area contributed by atoms with Gasteiger partial charge in [0.15, 0.2) is 6.10 Å². The highest BCUT2D eigenvalue weighted by Crippen LogP contribution is 2.44. The van der Waals surface area contributed by atoms with E-state index < -0.39 is 17.9 Å². The lowest BCUT2D eigenvalue weighted by Gasteiger charge is -2.44. The molecule has 0 radical (unpaired) electrons. The number of anilines is 1. The number of fused-ring (bicyclic) bond motifs is 1. The number of carbonyl (C=O) groups is 2. The smallest absolute Gasteiger partial charge is 0.272 e. The number of aliphatic hydroxyl groups excluding tert-OH is 1. The predicted molar refractivity (Wildman–Crippen MR) is 220 cm³/mol. The van der Waals surface area contributed by atoms with Gasteiger partial charge in [0.2, 0.25) is 5.91 Å². The van der Waals surface area contributed by atoms with Crippen molar-refractivity contribution in [1.29, 1.82) is 0 Å². The van der Waals surface area contributed by atoms with Crippen LogP contribution in [0.15, 0.2) is 48.6 Å². The van der Waals surface area contributed by atoms with Crippen molar-refractivity contribution in [3.05, 3.63) is 70.3 Å². The third-order valence-electron chi connectivity index (χ3n) is 11.6. The lowest BCUT2D eigenvalue weighted by atomic mass is 9.70. The number of morpholine rings is 1. The zero-order valence-corrected chi connectivity index (χ0v) is 34.9. The molecule has 3 fully saturated rings. The Labute approximate surface area is 345 Å². The summed E-state index contributed by atoms with van der Waals surface area (Å²) in [6.45, 7) is 8.92. The van der Waals surface area contributed by atoms with Gasteiger partial charge in [-0.25, -0.2) is 13.1 Å². The van der Waals surface area contributed by atoms with Crippen molar-refractivity contribution in [2.45, 2.75) is 70.0 Å². The maximum atomic E-state index is 13.5. The van der Waals surface area contributed by atoms with Crippen LogP contribution in [0.25, 0.3) is 0 Å². The Morgan fingerprint density at radius 1 is 1.18 bits per heavy atom. The monoisotopic (exact) mass is 833 g/mol. The van der Waals surface area contributed by atoms with E-state index in [0.29, 0.717) is 88.5 Å². The van der Waals surface area contributed by atoms with E-state index in [0.717, 1.165) is 31.4 Å². The molecule has 15 heteroatoms. The molecule has 1 aliphatic carbocycles. The summed E-state index contributed by atoms with van der Waals surface area (Å²) in [5.74, 6) is -2.00. The third-order valence-corrected chi connectivity index (χ3v) is 12.7. The van der Waals surface area contributed by atoms with Crippen molar-refractivity contribution in [2.24, 2.45) is 11.8 Å². The molecule has 1 saturated carbocycles. The first-order chi connectivity index (χ1) is 27.4. The molecule has 314 valence electrons. The zero-order chi connectivity index (χ0) is 40.5. The van der Waals surface area contributed by atoms with Gasteiger partial charge in [-0.3, -0.25) is 19.2 Å². The molecule has 6 rings (SSSR count). The molecule has 5 unspecified atom stereocenters. The molecule has 4 aliphatic rings. The summed E-state index contributed by atoms with van der Waals surface area (Å²) in [6.07, 6.45) is 7.01. The summed E-state index contributed by atoms with van der Waals surface area (Å²) in [5.41, 5.74) is 3.68. The fourth-order valence-corrected chi connectivity index (χ4v) is 8.91. The van der Waals surface area contributed by atoms with Crippen LogP contribution in [0.5, 0.6) is 5.75 Å². The minimum atomic E-state index is -2.63. The van der Waals surface area contributed by atoms with Gasteiger partial charge in [0, 0.05) is 76.3 Å². The number of hydrogen-bond acceptors (Lipinski definition) is 10. The van der Waals surface area contributed by atoms with Crippen molar-refractivity contribution in [3.63, 3.8) is 0 Å². The number of ether oxygens (including phenoxy) is 3. The molecular formula is C42H58ClF2N5O6S. The largest absolute Gasteiger partial charge is 0.491 e. The highest BCUT2D eigenvalue weighted by molar-refractivity contribution is 7.95. The molecule has 3 aliphatic heterocycles. The van der Waals surface area contributed by atoms with Crippen LogP contribution in [0.3, 0.4) is 0 Å². The van der Waals surface area contributed by atoms with Crippen LogP contribution in [-0.4, -0.2) is 129 Å². The molecule has 2 aromatic rings. The summed E-state index contributed by atoms with van der Waals surface area (Å²) < 4.78 is 50.3. The van der Waals surface area contributed by atoms with E-state index >= 15 is 0 Å². The van der Waals surface area contributed by atoms with E-state index in [1.807, 2.05) is 22.5 Å². The minimum absolute atomic E-state index is 0.00483. The Kier molecular flexibility index (Phi) is 15.5. The normalized spacial score (nSPS) is 23.4. The van der Waals surface area contributed by atoms with Crippen molar-refractivity contribution in [1.82, 2.24) is 18.8 Å². The van der Waals surface area contributed by atoms with Gasteiger partial charge in [0.1, 0.15) is 5.75 Å². The van der Waals surface area contributed by atoms with Crippen LogP contribution in [0.4, 0.5) is 14.5 Å². The van der Waals surface area contributed by atoms with E-state index in [1.165, 1.54) is 23.3 Å². The molecule has 11 nitrogen and oxygen atoms in total. The SMILES string of the molecule is CCCc1cc(Cl)ccc1C1COc2ccc(C(O)C(=O)NSN3CCOCC3)cc2N(CC2CCC2C(/C=C/CCN(C)C(C)=O)OCCN2CC(F)(F)C2)C1. The minimum Gasteiger partial charge on any atom is -0.491 e. The van der Waals surface area contributed by atoms with Gasteiger partial charge in [0.25, 0.3) is 11.8 Å². The molecule has 2 aromatic carbocycles. The molecule has 0 spiro atoms. The first-order valence-corrected chi connectivity index (χ1v) is 21.4. The first kappa shape index (κ1) is 43.6. The number of hydrogen-bond donors (Lipinski definition) is 2. The van der Waals surface area contributed by atoms with Crippen LogP contribution in [0.1, 0.15) is 68.2 Å². The standard InChI is InChI=1S/C42H58ClF2N5O6S/c1-4-7-30-22-34(43)11-13-35(30)33-25-49(37-23-31(10-14-39(37)56-26-33)40(52)41(53)46-57-50-17-19-54-20-18-50)24-32-9-12-36(32)38(8-5-6-15-47(3)29(2)51)55-21-16-48-27-42(44,45)28-48/h5,8,10-11,13-14,22-23,32-33,36,38,40,52H,4,6-7,9,12,15-21,24-28H2,1-3H3,(H,46,53)/b8-5+. The van der Waals surface area contributed by atoms with Gasteiger partial charge < -0.3 is 29.1 Å². The van der Waals surface area contributed by atoms with Gasteiger partial charge in [-0.15, -0.1) is 0 Å². The molecule has 0 bridgehead atoms. The Morgan fingerprint density at radius 2 is 1.96 bits per heavy atom. The number of aryl methyl sites for hydroxylation is 1. The van der Waals surface area contributed by atoms with Gasteiger partial charge in [-0.05, 0) is 78.5 Å². The van der Waals surface area contributed by atoms with Gasteiger partial charge in [0.05, 0.1) is 51.3 Å². The first-order valence-electron chi connectivity index (χ1n) is 20.3. The molecule has 2 saturated heterocycles. The summed E-state index contributed by atoms with van der Waals surface area (Å²) in [4.78, 5) is 30.7. The van der Waals surface area contributed by atoms with E-state index in [9.17, 15) is 23.5 Å². The Hall–Kier alpha value is -2.98. The molecular weight excluding hydrogens is 776 g/mol. The third kappa shape index (κ3) is 11.8. The number of rotatable bonds is 18. The summed E-state index contributed by atoms with van der Waals surface area (Å²) in [7, 11) is 1.78. The van der Waals surface area contributed by atoms with Crippen molar-refractivity contribution in [3.8, 4) is 5.75 Å². The Balaban J connectivity index is 1.22. The average molecular weight is 834 g/mol. The molecule has 57 heavy (non-hydrogen) atoms. The lowest BCUT2D eigenvalue weighted by molar-refractivity contribution is -0.138. The van der Waals surface area contributed by atoms with Crippen molar-refractivity contribution >= 4 is 41.2 Å². The van der Waals surface area contributed by atoms with Crippen molar-refractivity contribution < 1.29 is 37.7 Å². The number of halogens is 3. The maximum absolute atomic E-state index is 13.5. The number of benzene rings is 2. The fourth-order valence-electron chi connectivity index (χ4n) is 8.05. The zero-order valence-electron chi connectivity index (χ0n) is 33.3. The van der Waals surface area contributed by atoms with E-state index in [2.05, 4.69) is 40.8 Å². The molecule has 2 amide bonds. The van der Waals surface area contributed by atoms with Gasteiger partial charge in [-0.2, -0.15) is 0 Å². The highest BCUT2D eigenvalue weighted by Gasteiger charge is 2.44. The second-order valence-electron chi connectivity index (χ2n) is 15.8. The van der Waals surface area contributed by atoms with Gasteiger partial charge in [-0.1, -0.05) is 49.2 Å². The number of nitrogens with zero attached hydrogens (tertiary/aromatic N) is 4. The summed E-state index contributed by atoms with van der Waals surface area (Å²) >= 11 is 7.67. The van der Waals surface area contributed by atoms with Crippen LogP contribution in [0.2, 0.25) is 5.02 Å². The second-order valence-corrected chi connectivity index (χ2v) is 17.1. The number of likely N-dealkylation sites (tertiary alicyclic amines) is 1.